The average molecular weight is 267 g/mol. The van der Waals surface area contributed by atoms with Crippen LogP contribution in [0, 0.1) is 6.92 Å². The van der Waals surface area contributed by atoms with Gasteiger partial charge in [-0.1, -0.05) is 12.1 Å². The fraction of sp³-hybridized carbons (Fsp3) is 0.200. The van der Waals surface area contributed by atoms with E-state index in [1.54, 1.807) is 6.20 Å². The van der Waals surface area contributed by atoms with Crippen LogP contribution < -0.4 is 5.32 Å². The molecule has 0 aliphatic carbocycles. The van der Waals surface area contributed by atoms with Crippen molar-refractivity contribution in [3.05, 3.63) is 60.2 Å². The van der Waals surface area contributed by atoms with E-state index in [-0.39, 0.29) is 0 Å². The van der Waals surface area contributed by atoms with Crippen LogP contribution in [0.3, 0.4) is 0 Å². The number of nitrogens with one attached hydrogen (secondary N) is 1. The molecule has 1 N–H and O–H groups in total. The molecular weight excluding hydrogens is 250 g/mol. The van der Waals surface area contributed by atoms with Crippen LogP contribution in [0.25, 0.3) is 5.69 Å². The van der Waals surface area contributed by atoms with Gasteiger partial charge in [0.1, 0.15) is 0 Å². The van der Waals surface area contributed by atoms with Crippen molar-refractivity contribution in [3.8, 4) is 5.69 Å². The Morgan fingerprint density at radius 1 is 1.15 bits per heavy atom. The quantitative estimate of drug-likeness (QED) is 0.790. The summed E-state index contributed by atoms with van der Waals surface area (Å²) in [4.78, 5) is 0. The number of benzene rings is 1. The first-order valence-electron chi connectivity index (χ1n) is 6.56. The molecule has 0 saturated carbocycles. The molecule has 0 unspecified atom stereocenters. The molecule has 2 heterocycles. The minimum absolute atomic E-state index is 0.748. The molecule has 0 aliphatic heterocycles. The number of hydrogen-bond acceptors (Lipinski definition) is 3. The van der Waals surface area contributed by atoms with Crippen molar-refractivity contribution >= 4 is 5.69 Å². The van der Waals surface area contributed by atoms with E-state index in [4.69, 9.17) is 0 Å². The molecule has 1 aromatic carbocycles. The molecule has 0 radical (unpaired) electrons. The van der Waals surface area contributed by atoms with Crippen molar-refractivity contribution in [2.24, 2.45) is 7.05 Å². The van der Waals surface area contributed by atoms with Crippen LogP contribution in [0.2, 0.25) is 0 Å². The van der Waals surface area contributed by atoms with Crippen LogP contribution in [0.15, 0.2) is 48.9 Å². The first-order chi connectivity index (χ1) is 9.75. The Balaban J connectivity index is 1.83. The highest BCUT2D eigenvalue weighted by Gasteiger charge is 2.06. The Morgan fingerprint density at radius 3 is 2.70 bits per heavy atom. The number of rotatable bonds is 4. The fourth-order valence-electron chi connectivity index (χ4n) is 2.14. The summed E-state index contributed by atoms with van der Waals surface area (Å²) in [5, 5.41) is 12.0. The second-order valence-corrected chi connectivity index (χ2v) is 4.70. The molecule has 0 fully saturated rings. The molecule has 20 heavy (non-hydrogen) atoms. The average Bonchev–Trinajstić information content (AvgIpc) is 3.10. The lowest BCUT2D eigenvalue weighted by atomic mass is 10.2. The van der Waals surface area contributed by atoms with E-state index in [0.29, 0.717) is 0 Å². The molecule has 0 spiro atoms. The highest BCUT2D eigenvalue weighted by Crippen LogP contribution is 2.20. The molecule has 0 aliphatic rings. The monoisotopic (exact) mass is 267 g/mol. The molecular formula is C15H17N5. The lowest BCUT2D eigenvalue weighted by Gasteiger charge is -2.11. The smallest absolute Gasteiger partial charge is 0.0876 e. The van der Waals surface area contributed by atoms with E-state index in [0.717, 1.165) is 17.9 Å². The molecule has 102 valence electrons. The van der Waals surface area contributed by atoms with E-state index >= 15 is 0 Å². The van der Waals surface area contributed by atoms with Gasteiger partial charge >= 0.3 is 0 Å². The molecule has 0 atom stereocenters. The van der Waals surface area contributed by atoms with Gasteiger partial charge in [-0.15, -0.1) is 0 Å². The van der Waals surface area contributed by atoms with Gasteiger partial charge in [0, 0.05) is 37.2 Å². The summed E-state index contributed by atoms with van der Waals surface area (Å²) in [5.41, 5.74) is 4.47. The number of hydrogen-bond donors (Lipinski definition) is 1. The Morgan fingerprint density at radius 2 is 2.00 bits per heavy atom. The van der Waals surface area contributed by atoms with E-state index in [9.17, 15) is 0 Å². The number of aromatic nitrogens is 4. The third-order valence-corrected chi connectivity index (χ3v) is 3.46. The summed E-state index contributed by atoms with van der Waals surface area (Å²) in [6.07, 6.45) is 5.62. The van der Waals surface area contributed by atoms with E-state index < -0.39 is 0 Å². The summed E-state index contributed by atoms with van der Waals surface area (Å²) in [6, 6.07) is 10.1. The van der Waals surface area contributed by atoms with Crippen molar-refractivity contribution in [2.75, 3.05) is 5.32 Å². The first kappa shape index (κ1) is 12.5. The highest BCUT2D eigenvalue weighted by atomic mass is 15.3. The lowest BCUT2D eigenvalue weighted by molar-refractivity contribution is 0.738. The van der Waals surface area contributed by atoms with Crippen LogP contribution >= 0.6 is 0 Å². The first-order valence-corrected chi connectivity index (χ1v) is 6.56. The second-order valence-electron chi connectivity index (χ2n) is 4.70. The Kier molecular flexibility index (Phi) is 3.25. The topological polar surface area (TPSA) is 47.7 Å². The lowest BCUT2D eigenvalue weighted by Crippen LogP contribution is -2.05. The van der Waals surface area contributed by atoms with Gasteiger partial charge in [0.25, 0.3) is 0 Å². The minimum atomic E-state index is 0.748. The number of nitrogens with zero attached hydrogens (tertiary/aromatic N) is 4. The largest absolute Gasteiger partial charge is 0.379 e. The van der Waals surface area contributed by atoms with Crippen molar-refractivity contribution in [1.29, 1.82) is 0 Å². The molecule has 5 heteroatoms. The molecule has 3 aromatic rings. The molecule has 5 nitrogen and oxygen atoms in total. The van der Waals surface area contributed by atoms with Crippen LogP contribution in [-0.2, 0) is 13.6 Å². The zero-order chi connectivity index (χ0) is 13.9. The van der Waals surface area contributed by atoms with Gasteiger partial charge in [0.15, 0.2) is 0 Å². The molecule has 0 bridgehead atoms. The Hall–Kier alpha value is -2.56. The van der Waals surface area contributed by atoms with Crippen LogP contribution in [0.4, 0.5) is 5.69 Å². The van der Waals surface area contributed by atoms with Crippen molar-refractivity contribution in [2.45, 2.75) is 13.5 Å². The van der Waals surface area contributed by atoms with Gasteiger partial charge in [-0.3, -0.25) is 4.68 Å². The molecule has 2 aromatic heterocycles. The number of anilines is 1. The summed E-state index contributed by atoms with van der Waals surface area (Å²) in [5.74, 6) is 0. The third-order valence-electron chi connectivity index (χ3n) is 3.46. The van der Waals surface area contributed by atoms with Gasteiger partial charge in [-0.05, 0) is 25.1 Å². The van der Waals surface area contributed by atoms with Gasteiger partial charge in [-0.25, -0.2) is 4.68 Å². The number of aryl methyl sites for hydroxylation is 1. The Bertz CT molecular complexity index is 697. The van der Waals surface area contributed by atoms with Crippen molar-refractivity contribution < 1.29 is 0 Å². The molecule has 0 saturated heterocycles. The van der Waals surface area contributed by atoms with Crippen LogP contribution in [0.1, 0.15) is 11.3 Å². The SMILES string of the molecule is Cc1c(CNc2ccccc2-n2cccn2)cnn1C. The maximum absolute atomic E-state index is 4.28. The maximum atomic E-state index is 4.28. The predicted molar refractivity (Wildman–Crippen MR) is 78.8 cm³/mol. The second kappa shape index (κ2) is 5.21. The fourth-order valence-corrected chi connectivity index (χ4v) is 2.14. The maximum Gasteiger partial charge on any atom is 0.0876 e. The van der Waals surface area contributed by atoms with E-state index in [2.05, 4.69) is 28.5 Å². The molecule has 0 amide bonds. The van der Waals surface area contributed by atoms with Crippen molar-refractivity contribution in [3.63, 3.8) is 0 Å². The zero-order valence-electron chi connectivity index (χ0n) is 11.6. The van der Waals surface area contributed by atoms with Gasteiger partial charge in [0.2, 0.25) is 0 Å². The highest BCUT2D eigenvalue weighted by molar-refractivity contribution is 5.60. The minimum Gasteiger partial charge on any atom is -0.379 e. The number of para-hydroxylation sites is 2. The summed E-state index contributed by atoms with van der Waals surface area (Å²) < 4.78 is 3.74. The summed E-state index contributed by atoms with van der Waals surface area (Å²) in [7, 11) is 1.95. The van der Waals surface area contributed by atoms with Crippen LogP contribution in [-0.4, -0.2) is 19.6 Å². The predicted octanol–water partition coefficient (Wildman–Crippen LogP) is 2.53. The molecule has 3 rings (SSSR count). The van der Waals surface area contributed by atoms with Crippen molar-refractivity contribution in [1.82, 2.24) is 19.6 Å². The van der Waals surface area contributed by atoms with Gasteiger partial charge in [0.05, 0.1) is 17.6 Å². The zero-order valence-corrected chi connectivity index (χ0v) is 11.6. The van der Waals surface area contributed by atoms with Crippen LogP contribution in [0.5, 0.6) is 0 Å². The van der Waals surface area contributed by atoms with Gasteiger partial charge < -0.3 is 5.32 Å². The summed E-state index contributed by atoms with van der Waals surface area (Å²) in [6.45, 7) is 2.82. The van der Waals surface area contributed by atoms with E-state index in [1.807, 2.05) is 53.1 Å². The van der Waals surface area contributed by atoms with E-state index in [1.165, 1.54) is 11.3 Å². The Labute approximate surface area is 117 Å². The summed E-state index contributed by atoms with van der Waals surface area (Å²) >= 11 is 0. The standard InChI is InChI=1S/C15H17N5/c1-12-13(11-18-19(12)2)10-16-14-6-3-4-7-15(14)20-9-5-8-17-20/h3-9,11,16H,10H2,1-2H3. The van der Waals surface area contributed by atoms with Gasteiger partial charge in [-0.2, -0.15) is 10.2 Å². The normalized spacial score (nSPS) is 10.7. The third kappa shape index (κ3) is 2.30.